The van der Waals surface area contributed by atoms with Crippen molar-refractivity contribution in [1.29, 1.82) is 0 Å². The molecule has 2 aromatic rings. The van der Waals surface area contributed by atoms with E-state index in [0.717, 1.165) is 28.9 Å². The summed E-state index contributed by atoms with van der Waals surface area (Å²) in [6.07, 6.45) is 3.97. The Morgan fingerprint density at radius 3 is 3.00 bits per heavy atom. The van der Waals surface area contributed by atoms with Crippen LogP contribution >= 0.6 is 11.8 Å². The number of nitrogens with one attached hydrogen (secondary N) is 1. The van der Waals surface area contributed by atoms with Gasteiger partial charge in [0.05, 0.1) is 10.3 Å². The van der Waals surface area contributed by atoms with E-state index in [1.807, 2.05) is 30.8 Å². The van der Waals surface area contributed by atoms with Gasteiger partial charge in [0, 0.05) is 40.8 Å². The molecule has 1 aliphatic rings. The van der Waals surface area contributed by atoms with Crippen LogP contribution in [0.1, 0.15) is 18.5 Å². The van der Waals surface area contributed by atoms with Gasteiger partial charge in [-0.1, -0.05) is 0 Å². The lowest BCUT2D eigenvalue weighted by atomic mass is 10.1. The molecule has 0 spiro atoms. The highest BCUT2D eigenvalue weighted by molar-refractivity contribution is 7.99. The summed E-state index contributed by atoms with van der Waals surface area (Å²) in [7, 11) is 0. The highest BCUT2D eigenvalue weighted by atomic mass is 32.2. The van der Waals surface area contributed by atoms with Crippen LogP contribution in [0.2, 0.25) is 0 Å². The third kappa shape index (κ3) is 2.95. The van der Waals surface area contributed by atoms with Gasteiger partial charge in [0.2, 0.25) is 0 Å². The fourth-order valence-electron chi connectivity index (χ4n) is 2.69. The Morgan fingerprint density at radius 1 is 1.43 bits per heavy atom. The molecule has 1 fully saturated rings. The second-order valence-corrected chi connectivity index (χ2v) is 6.47. The minimum Gasteiger partial charge on any atom is -0.381 e. The first-order valence-corrected chi connectivity index (χ1v) is 8.18. The Balaban J connectivity index is 2.03. The van der Waals surface area contributed by atoms with Gasteiger partial charge < -0.3 is 5.32 Å². The molecule has 0 aliphatic carbocycles. The number of aryl methyl sites for hydroxylation is 1. The van der Waals surface area contributed by atoms with Gasteiger partial charge in [0.1, 0.15) is 0 Å². The molecule has 1 N–H and O–H groups in total. The first-order valence-electron chi connectivity index (χ1n) is 7.03. The molecule has 3 rings (SSSR count). The Labute approximate surface area is 127 Å². The highest BCUT2D eigenvalue weighted by Crippen LogP contribution is 2.32. The SMILES string of the molecule is Cc1cc2c(NC3CCCSC3)ccc([N+](=O)[O-])c2cn1. The second-order valence-electron chi connectivity index (χ2n) is 5.32. The standard InChI is InChI=1S/C15H17N3O2S/c1-10-7-12-13(8-16-10)15(18(19)20)5-4-14(12)17-11-3-2-6-21-9-11/h4-5,7-8,11,17H,2-3,6,9H2,1H3. The van der Waals surface area contributed by atoms with E-state index in [0.29, 0.717) is 11.4 Å². The van der Waals surface area contributed by atoms with E-state index in [9.17, 15) is 10.1 Å². The monoisotopic (exact) mass is 303 g/mol. The number of thioether (sulfide) groups is 1. The Bertz CT molecular complexity index is 684. The molecular formula is C15H17N3O2S. The third-order valence-electron chi connectivity index (χ3n) is 3.73. The Hall–Kier alpha value is -1.82. The number of pyridine rings is 1. The number of nitro groups is 1. The van der Waals surface area contributed by atoms with E-state index in [1.54, 1.807) is 12.3 Å². The van der Waals surface area contributed by atoms with Crippen molar-refractivity contribution >= 4 is 33.9 Å². The van der Waals surface area contributed by atoms with Gasteiger partial charge in [0.15, 0.2) is 0 Å². The van der Waals surface area contributed by atoms with Crippen LogP contribution < -0.4 is 5.32 Å². The van der Waals surface area contributed by atoms with E-state index in [4.69, 9.17) is 0 Å². The number of nitrogens with zero attached hydrogens (tertiary/aromatic N) is 2. The number of hydrogen-bond donors (Lipinski definition) is 1. The highest BCUT2D eigenvalue weighted by Gasteiger charge is 2.18. The average molecular weight is 303 g/mol. The second kappa shape index (κ2) is 5.89. The molecule has 1 saturated heterocycles. The minimum atomic E-state index is -0.348. The molecule has 0 radical (unpaired) electrons. The summed E-state index contributed by atoms with van der Waals surface area (Å²) in [5.41, 5.74) is 1.94. The molecule has 0 saturated carbocycles. The number of anilines is 1. The maximum atomic E-state index is 11.2. The number of benzene rings is 1. The molecule has 1 aliphatic heterocycles. The number of fused-ring (bicyclic) bond motifs is 1. The number of non-ortho nitro benzene ring substituents is 1. The van der Waals surface area contributed by atoms with Gasteiger partial charge in [0.25, 0.3) is 5.69 Å². The van der Waals surface area contributed by atoms with Crippen LogP contribution in [-0.2, 0) is 0 Å². The molecule has 0 amide bonds. The average Bonchev–Trinajstić information content (AvgIpc) is 2.48. The van der Waals surface area contributed by atoms with Crippen molar-refractivity contribution in [2.24, 2.45) is 0 Å². The predicted molar refractivity (Wildman–Crippen MR) is 87.1 cm³/mol. The zero-order valence-corrected chi connectivity index (χ0v) is 12.7. The lowest BCUT2D eigenvalue weighted by Crippen LogP contribution is -2.25. The summed E-state index contributed by atoms with van der Waals surface area (Å²) in [6.45, 7) is 1.90. The van der Waals surface area contributed by atoms with Gasteiger partial charge in [-0.15, -0.1) is 0 Å². The maximum Gasteiger partial charge on any atom is 0.278 e. The third-order valence-corrected chi connectivity index (χ3v) is 4.95. The van der Waals surface area contributed by atoms with E-state index in [1.165, 1.54) is 12.2 Å². The van der Waals surface area contributed by atoms with Crippen molar-refractivity contribution in [3.63, 3.8) is 0 Å². The van der Waals surface area contributed by atoms with Crippen LogP contribution in [0.4, 0.5) is 11.4 Å². The molecule has 1 aromatic heterocycles. The molecule has 0 bridgehead atoms. The van der Waals surface area contributed by atoms with Crippen molar-refractivity contribution in [1.82, 2.24) is 4.98 Å². The van der Waals surface area contributed by atoms with E-state index in [2.05, 4.69) is 10.3 Å². The maximum absolute atomic E-state index is 11.2. The summed E-state index contributed by atoms with van der Waals surface area (Å²) in [6, 6.07) is 5.74. The lowest BCUT2D eigenvalue weighted by molar-refractivity contribution is -0.383. The van der Waals surface area contributed by atoms with E-state index >= 15 is 0 Å². The Kier molecular flexibility index (Phi) is 3.96. The Morgan fingerprint density at radius 2 is 2.29 bits per heavy atom. The summed E-state index contributed by atoms with van der Waals surface area (Å²) in [5, 5.41) is 16.2. The largest absolute Gasteiger partial charge is 0.381 e. The molecule has 5 nitrogen and oxygen atoms in total. The van der Waals surface area contributed by atoms with Crippen LogP contribution in [0.15, 0.2) is 24.4 Å². The smallest absolute Gasteiger partial charge is 0.278 e. The molecule has 21 heavy (non-hydrogen) atoms. The van der Waals surface area contributed by atoms with Crippen molar-refractivity contribution in [3.05, 3.63) is 40.2 Å². The van der Waals surface area contributed by atoms with Crippen molar-refractivity contribution in [2.75, 3.05) is 16.8 Å². The van der Waals surface area contributed by atoms with Gasteiger partial charge in [-0.3, -0.25) is 15.1 Å². The normalized spacial score (nSPS) is 18.6. The number of hydrogen-bond acceptors (Lipinski definition) is 5. The summed E-state index contributed by atoms with van der Waals surface area (Å²) in [5.74, 6) is 2.31. The van der Waals surface area contributed by atoms with Crippen molar-refractivity contribution in [2.45, 2.75) is 25.8 Å². The van der Waals surface area contributed by atoms with Crippen LogP contribution in [-0.4, -0.2) is 27.5 Å². The van der Waals surface area contributed by atoms with Crippen LogP contribution in [0.5, 0.6) is 0 Å². The van der Waals surface area contributed by atoms with E-state index < -0.39 is 0 Å². The van der Waals surface area contributed by atoms with E-state index in [-0.39, 0.29) is 10.6 Å². The van der Waals surface area contributed by atoms with Gasteiger partial charge in [-0.2, -0.15) is 11.8 Å². The van der Waals surface area contributed by atoms with Crippen LogP contribution in [0.3, 0.4) is 0 Å². The van der Waals surface area contributed by atoms with Crippen molar-refractivity contribution in [3.8, 4) is 0 Å². The predicted octanol–water partition coefficient (Wildman–Crippen LogP) is 3.76. The quantitative estimate of drug-likeness (QED) is 0.690. The first kappa shape index (κ1) is 14.1. The van der Waals surface area contributed by atoms with Crippen molar-refractivity contribution < 1.29 is 4.92 Å². The fraction of sp³-hybridized carbons (Fsp3) is 0.400. The summed E-state index contributed by atoms with van der Waals surface area (Å²) in [4.78, 5) is 15.0. The number of rotatable bonds is 3. The van der Waals surface area contributed by atoms with Gasteiger partial charge >= 0.3 is 0 Å². The first-order chi connectivity index (χ1) is 10.1. The molecule has 6 heteroatoms. The topological polar surface area (TPSA) is 68.1 Å². The molecule has 2 heterocycles. The molecule has 1 atom stereocenters. The minimum absolute atomic E-state index is 0.112. The fourth-order valence-corrected chi connectivity index (χ4v) is 3.76. The van der Waals surface area contributed by atoms with Crippen LogP contribution in [0.25, 0.3) is 10.8 Å². The molecule has 1 aromatic carbocycles. The lowest BCUT2D eigenvalue weighted by Gasteiger charge is -2.24. The number of aromatic nitrogens is 1. The van der Waals surface area contributed by atoms with Crippen LogP contribution in [0, 0.1) is 17.0 Å². The molecule has 1 unspecified atom stereocenters. The zero-order valence-electron chi connectivity index (χ0n) is 11.8. The molecule has 110 valence electrons. The summed E-state index contributed by atoms with van der Waals surface area (Å²) < 4.78 is 0. The zero-order chi connectivity index (χ0) is 14.8. The molecular weight excluding hydrogens is 286 g/mol. The van der Waals surface area contributed by atoms with Gasteiger partial charge in [-0.25, -0.2) is 0 Å². The van der Waals surface area contributed by atoms with Gasteiger partial charge in [-0.05, 0) is 37.7 Å². The summed E-state index contributed by atoms with van der Waals surface area (Å²) >= 11 is 1.96. The number of nitro benzene ring substituents is 1.